The zero-order chi connectivity index (χ0) is 15.5. The van der Waals surface area contributed by atoms with E-state index >= 15 is 0 Å². The fraction of sp³-hybridized carbons (Fsp3) is 0.600. The molecule has 2 rings (SSSR count). The van der Waals surface area contributed by atoms with Crippen LogP contribution in [0, 0.1) is 11.8 Å². The molecule has 2 atom stereocenters. The molecule has 5 nitrogen and oxygen atoms in total. The first-order chi connectivity index (χ1) is 9.92. The normalized spacial score (nSPS) is 23.0. The number of anilines is 1. The molecule has 6 heteroatoms. The van der Waals surface area contributed by atoms with Gasteiger partial charge in [-0.15, -0.1) is 0 Å². The number of nitrogen functional groups attached to an aromatic ring is 1. The summed E-state index contributed by atoms with van der Waals surface area (Å²) in [6, 6.07) is 4.62. The van der Waals surface area contributed by atoms with Gasteiger partial charge in [-0.05, 0) is 36.8 Å². The third kappa shape index (κ3) is 4.11. The number of sulfonamides is 1. The van der Waals surface area contributed by atoms with E-state index in [4.69, 9.17) is 10.5 Å². The quantitative estimate of drug-likeness (QED) is 0.818. The van der Waals surface area contributed by atoms with E-state index in [1.807, 2.05) is 0 Å². The number of hydrogen-bond donors (Lipinski definition) is 2. The molecule has 1 aliphatic rings. The summed E-state index contributed by atoms with van der Waals surface area (Å²) >= 11 is 0. The van der Waals surface area contributed by atoms with Crippen LogP contribution in [-0.4, -0.2) is 22.1 Å². The summed E-state index contributed by atoms with van der Waals surface area (Å²) < 4.78 is 32.4. The highest BCUT2D eigenvalue weighted by Gasteiger charge is 2.23. The van der Waals surface area contributed by atoms with Crippen LogP contribution in [0.5, 0.6) is 5.75 Å². The number of ether oxygens (including phenoxy) is 1. The van der Waals surface area contributed by atoms with Gasteiger partial charge in [0.25, 0.3) is 0 Å². The molecule has 0 bridgehead atoms. The number of rotatable bonds is 5. The molecule has 1 aromatic carbocycles. The van der Waals surface area contributed by atoms with Gasteiger partial charge in [0, 0.05) is 12.6 Å². The fourth-order valence-corrected chi connectivity index (χ4v) is 4.18. The Kier molecular flexibility index (Phi) is 5.11. The lowest BCUT2D eigenvalue weighted by Crippen LogP contribution is -2.32. The number of methoxy groups -OCH3 is 1. The summed E-state index contributed by atoms with van der Waals surface area (Å²) in [5.74, 6) is 1.65. The molecule has 2 unspecified atom stereocenters. The minimum absolute atomic E-state index is 0.118. The van der Waals surface area contributed by atoms with E-state index < -0.39 is 10.0 Å². The van der Waals surface area contributed by atoms with Gasteiger partial charge in [0.05, 0.1) is 12.8 Å². The monoisotopic (exact) mass is 312 g/mol. The van der Waals surface area contributed by atoms with Crippen molar-refractivity contribution in [1.29, 1.82) is 0 Å². The van der Waals surface area contributed by atoms with E-state index in [-0.39, 0.29) is 10.6 Å². The van der Waals surface area contributed by atoms with Crippen molar-refractivity contribution < 1.29 is 13.2 Å². The third-order valence-corrected chi connectivity index (χ3v) is 5.61. The first kappa shape index (κ1) is 16.1. The summed E-state index contributed by atoms with van der Waals surface area (Å²) in [6.07, 6.45) is 4.60. The molecule has 0 aliphatic heterocycles. The Balaban J connectivity index is 2.04. The zero-order valence-corrected chi connectivity index (χ0v) is 13.4. The van der Waals surface area contributed by atoms with E-state index in [2.05, 4.69) is 11.6 Å². The second-order valence-electron chi connectivity index (χ2n) is 5.89. The summed E-state index contributed by atoms with van der Waals surface area (Å²) in [5, 5.41) is 0. The van der Waals surface area contributed by atoms with Crippen molar-refractivity contribution in [2.24, 2.45) is 11.8 Å². The topological polar surface area (TPSA) is 81.4 Å². The van der Waals surface area contributed by atoms with Crippen molar-refractivity contribution in [2.45, 2.75) is 37.5 Å². The van der Waals surface area contributed by atoms with Crippen LogP contribution in [0.15, 0.2) is 23.1 Å². The SMILES string of the molecule is COc1ccc(S(=O)(=O)NCC2CCCC(C)C2)c(N)c1. The second-order valence-corrected chi connectivity index (χ2v) is 7.63. The van der Waals surface area contributed by atoms with Crippen molar-refractivity contribution in [3.63, 3.8) is 0 Å². The van der Waals surface area contributed by atoms with Crippen LogP contribution in [0.3, 0.4) is 0 Å². The lowest BCUT2D eigenvalue weighted by atomic mass is 9.83. The number of benzene rings is 1. The fourth-order valence-electron chi connectivity index (χ4n) is 2.95. The molecule has 0 radical (unpaired) electrons. The predicted molar refractivity (Wildman–Crippen MR) is 83.7 cm³/mol. The lowest BCUT2D eigenvalue weighted by molar-refractivity contribution is 0.283. The van der Waals surface area contributed by atoms with Gasteiger partial charge in [0.15, 0.2) is 0 Å². The van der Waals surface area contributed by atoms with Crippen LogP contribution >= 0.6 is 0 Å². The summed E-state index contributed by atoms with van der Waals surface area (Å²) in [5.41, 5.74) is 6.02. The number of nitrogens with two attached hydrogens (primary N) is 1. The molecule has 1 fully saturated rings. The minimum atomic E-state index is -3.56. The molecular weight excluding hydrogens is 288 g/mol. The van der Waals surface area contributed by atoms with Gasteiger partial charge in [-0.25, -0.2) is 13.1 Å². The molecular formula is C15H24N2O3S. The van der Waals surface area contributed by atoms with Crippen LogP contribution in [-0.2, 0) is 10.0 Å². The predicted octanol–water partition coefficient (Wildman–Crippen LogP) is 2.38. The highest BCUT2D eigenvalue weighted by molar-refractivity contribution is 7.89. The van der Waals surface area contributed by atoms with E-state index in [9.17, 15) is 8.42 Å². The maximum Gasteiger partial charge on any atom is 0.242 e. The van der Waals surface area contributed by atoms with Gasteiger partial charge >= 0.3 is 0 Å². The molecule has 0 amide bonds. The number of nitrogens with one attached hydrogen (secondary N) is 1. The van der Waals surface area contributed by atoms with Gasteiger partial charge in [0.1, 0.15) is 10.6 Å². The van der Waals surface area contributed by atoms with Crippen molar-refractivity contribution in [3.05, 3.63) is 18.2 Å². The van der Waals surface area contributed by atoms with Gasteiger partial charge in [0.2, 0.25) is 10.0 Å². The van der Waals surface area contributed by atoms with Gasteiger partial charge in [-0.2, -0.15) is 0 Å². The molecule has 118 valence electrons. The van der Waals surface area contributed by atoms with Crippen LogP contribution in [0.2, 0.25) is 0 Å². The number of hydrogen-bond acceptors (Lipinski definition) is 4. The highest BCUT2D eigenvalue weighted by atomic mass is 32.2. The maximum absolute atomic E-state index is 12.3. The average Bonchev–Trinajstić information content (AvgIpc) is 2.45. The molecule has 21 heavy (non-hydrogen) atoms. The van der Waals surface area contributed by atoms with Crippen molar-refractivity contribution in [1.82, 2.24) is 4.72 Å². The highest BCUT2D eigenvalue weighted by Crippen LogP contribution is 2.29. The first-order valence-electron chi connectivity index (χ1n) is 7.35. The van der Waals surface area contributed by atoms with Gasteiger partial charge < -0.3 is 10.5 Å². The Hall–Kier alpha value is -1.27. The minimum Gasteiger partial charge on any atom is -0.497 e. The van der Waals surface area contributed by atoms with E-state index in [1.54, 1.807) is 6.07 Å². The van der Waals surface area contributed by atoms with Crippen LogP contribution < -0.4 is 15.2 Å². The molecule has 1 saturated carbocycles. The molecule has 0 saturated heterocycles. The Morgan fingerprint density at radius 2 is 2.14 bits per heavy atom. The molecule has 0 aromatic heterocycles. The molecule has 0 spiro atoms. The van der Waals surface area contributed by atoms with Gasteiger partial charge in [-0.3, -0.25) is 0 Å². The van der Waals surface area contributed by atoms with E-state index in [0.29, 0.717) is 24.1 Å². The van der Waals surface area contributed by atoms with Crippen LogP contribution in [0.25, 0.3) is 0 Å². The summed E-state index contributed by atoms with van der Waals surface area (Å²) in [7, 11) is -2.04. The molecule has 3 N–H and O–H groups in total. The molecule has 1 aliphatic carbocycles. The largest absolute Gasteiger partial charge is 0.497 e. The maximum atomic E-state index is 12.3. The van der Waals surface area contributed by atoms with Crippen molar-refractivity contribution in [3.8, 4) is 5.75 Å². The van der Waals surface area contributed by atoms with E-state index in [1.165, 1.54) is 32.1 Å². The Bertz CT molecular complexity index is 587. The lowest BCUT2D eigenvalue weighted by Gasteiger charge is -2.26. The summed E-state index contributed by atoms with van der Waals surface area (Å²) in [4.78, 5) is 0.118. The van der Waals surface area contributed by atoms with E-state index in [0.717, 1.165) is 12.8 Å². The second kappa shape index (κ2) is 6.66. The molecule has 0 heterocycles. The van der Waals surface area contributed by atoms with Gasteiger partial charge in [-0.1, -0.05) is 19.8 Å². The first-order valence-corrected chi connectivity index (χ1v) is 8.84. The van der Waals surface area contributed by atoms with Crippen LogP contribution in [0.1, 0.15) is 32.6 Å². The smallest absolute Gasteiger partial charge is 0.242 e. The Labute approximate surface area is 126 Å². The van der Waals surface area contributed by atoms with Crippen molar-refractivity contribution in [2.75, 3.05) is 19.4 Å². The van der Waals surface area contributed by atoms with Crippen molar-refractivity contribution >= 4 is 15.7 Å². The third-order valence-electron chi connectivity index (χ3n) is 4.11. The average molecular weight is 312 g/mol. The Morgan fingerprint density at radius 3 is 2.76 bits per heavy atom. The zero-order valence-electron chi connectivity index (χ0n) is 12.6. The summed E-state index contributed by atoms with van der Waals surface area (Å²) in [6.45, 7) is 2.71. The van der Waals surface area contributed by atoms with Crippen LogP contribution in [0.4, 0.5) is 5.69 Å². The Morgan fingerprint density at radius 1 is 1.38 bits per heavy atom. The molecule has 1 aromatic rings. The standard InChI is InChI=1S/C15H24N2O3S/c1-11-4-3-5-12(8-11)10-17-21(18,19)15-7-6-13(20-2)9-14(15)16/h6-7,9,11-12,17H,3-5,8,10,16H2,1-2H3.